The molecule has 0 amide bonds. The highest BCUT2D eigenvalue weighted by atomic mass is 16.6. The highest BCUT2D eigenvalue weighted by molar-refractivity contribution is 5.77. The molecule has 0 heterocycles. The highest BCUT2D eigenvalue weighted by Gasteiger charge is 2.18. The van der Waals surface area contributed by atoms with Crippen molar-refractivity contribution in [2.24, 2.45) is 0 Å². The van der Waals surface area contributed by atoms with Crippen LogP contribution in [-0.2, 0) is 22.4 Å². The monoisotopic (exact) mass is 276 g/mol. The van der Waals surface area contributed by atoms with E-state index in [4.69, 9.17) is 9.84 Å². The van der Waals surface area contributed by atoms with E-state index in [0.29, 0.717) is 6.42 Å². The van der Waals surface area contributed by atoms with E-state index in [1.54, 1.807) is 0 Å². The first-order valence-corrected chi connectivity index (χ1v) is 6.84. The van der Waals surface area contributed by atoms with E-state index >= 15 is 0 Å². The molecule has 0 aliphatic rings. The van der Waals surface area contributed by atoms with E-state index in [1.165, 1.54) is 0 Å². The maximum atomic E-state index is 12.0. The molecule has 0 spiro atoms. The summed E-state index contributed by atoms with van der Waals surface area (Å²) in [5, 5.41) is 9.13. The zero-order chi connectivity index (χ0) is 15.3. The van der Waals surface area contributed by atoms with Crippen LogP contribution in [0.25, 0.3) is 5.57 Å². The number of hydrogen-bond acceptors (Lipinski definition) is 3. The molecule has 0 radical (unpaired) electrons. The van der Waals surface area contributed by atoms with E-state index in [2.05, 4.69) is 6.58 Å². The molecular formula is C17H24O3. The van der Waals surface area contributed by atoms with Gasteiger partial charge in [0.1, 0.15) is 5.60 Å². The van der Waals surface area contributed by atoms with Gasteiger partial charge in [-0.1, -0.05) is 30.4 Å². The molecule has 0 aliphatic carbocycles. The molecule has 0 aliphatic heterocycles. The standard InChI is InChI=1S/C17H24O3/c1-12(2)16-13(9-10-18)7-6-8-14(16)11-15(19)20-17(3,4)5/h6-8,18H,1,9-11H2,2-5H3. The van der Waals surface area contributed by atoms with E-state index < -0.39 is 5.60 Å². The number of esters is 1. The van der Waals surface area contributed by atoms with Crippen molar-refractivity contribution in [3.63, 3.8) is 0 Å². The fourth-order valence-electron chi connectivity index (χ4n) is 2.21. The number of carbonyl (C=O) groups is 1. The van der Waals surface area contributed by atoms with Crippen LogP contribution < -0.4 is 0 Å². The minimum atomic E-state index is -0.483. The zero-order valence-corrected chi connectivity index (χ0v) is 12.8. The van der Waals surface area contributed by atoms with Gasteiger partial charge in [0, 0.05) is 6.61 Å². The second kappa shape index (κ2) is 6.71. The van der Waals surface area contributed by atoms with Crippen LogP contribution in [0.4, 0.5) is 0 Å². The molecule has 3 nitrogen and oxygen atoms in total. The van der Waals surface area contributed by atoms with Gasteiger partial charge in [0.15, 0.2) is 0 Å². The average Bonchev–Trinajstić information content (AvgIpc) is 2.26. The predicted molar refractivity (Wildman–Crippen MR) is 81.5 cm³/mol. The Morgan fingerprint density at radius 1 is 1.30 bits per heavy atom. The number of hydrogen-bond donors (Lipinski definition) is 1. The third-order valence-electron chi connectivity index (χ3n) is 2.80. The maximum absolute atomic E-state index is 12.0. The first kappa shape index (κ1) is 16.4. The lowest BCUT2D eigenvalue weighted by atomic mass is 9.92. The lowest BCUT2D eigenvalue weighted by Gasteiger charge is -2.20. The van der Waals surface area contributed by atoms with Gasteiger partial charge in [-0.05, 0) is 50.8 Å². The van der Waals surface area contributed by atoms with Gasteiger partial charge in [0.25, 0.3) is 0 Å². The summed E-state index contributed by atoms with van der Waals surface area (Å²) in [6.45, 7) is 11.5. The van der Waals surface area contributed by atoms with Gasteiger partial charge in [-0.3, -0.25) is 4.79 Å². The molecule has 1 aromatic rings. The van der Waals surface area contributed by atoms with E-state index in [0.717, 1.165) is 22.3 Å². The van der Waals surface area contributed by atoms with Crippen LogP contribution in [0.15, 0.2) is 24.8 Å². The third-order valence-corrected chi connectivity index (χ3v) is 2.80. The Labute approximate surface area is 121 Å². The number of aliphatic hydroxyl groups is 1. The molecular weight excluding hydrogens is 252 g/mol. The molecule has 1 N–H and O–H groups in total. The molecule has 20 heavy (non-hydrogen) atoms. The zero-order valence-electron chi connectivity index (χ0n) is 12.8. The summed E-state index contributed by atoms with van der Waals surface area (Å²) in [5.41, 5.74) is 3.29. The third kappa shape index (κ3) is 4.82. The van der Waals surface area contributed by atoms with Gasteiger partial charge in [-0.2, -0.15) is 0 Å². The van der Waals surface area contributed by atoms with Crippen molar-refractivity contribution in [1.29, 1.82) is 0 Å². The Morgan fingerprint density at radius 3 is 2.40 bits per heavy atom. The van der Waals surface area contributed by atoms with Gasteiger partial charge >= 0.3 is 5.97 Å². The second-order valence-electron chi connectivity index (χ2n) is 5.97. The molecule has 110 valence electrons. The minimum absolute atomic E-state index is 0.0795. The van der Waals surface area contributed by atoms with Gasteiger partial charge in [0.2, 0.25) is 0 Å². The second-order valence-corrected chi connectivity index (χ2v) is 5.97. The van der Waals surface area contributed by atoms with Crippen LogP contribution in [0.5, 0.6) is 0 Å². The Bertz CT molecular complexity index is 495. The topological polar surface area (TPSA) is 46.5 Å². The number of carbonyl (C=O) groups excluding carboxylic acids is 1. The molecule has 0 atom stereocenters. The number of allylic oxidation sites excluding steroid dienone is 1. The first-order valence-electron chi connectivity index (χ1n) is 6.84. The maximum Gasteiger partial charge on any atom is 0.310 e. The number of benzene rings is 1. The quantitative estimate of drug-likeness (QED) is 0.840. The highest BCUT2D eigenvalue weighted by Crippen LogP contribution is 2.24. The fraction of sp³-hybridized carbons (Fsp3) is 0.471. The van der Waals surface area contributed by atoms with Crippen LogP contribution in [-0.4, -0.2) is 23.3 Å². The first-order chi connectivity index (χ1) is 9.24. The van der Waals surface area contributed by atoms with Crippen molar-refractivity contribution in [2.75, 3.05) is 6.61 Å². The lowest BCUT2D eigenvalue weighted by Crippen LogP contribution is -2.25. The van der Waals surface area contributed by atoms with Crippen LogP contribution in [0, 0.1) is 0 Å². The Balaban J connectivity index is 3.03. The molecule has 0 fully saturated rings. The Hall–Kier alpha value is -1.61. The summed E-state index contributed by atoms with van der Waals surface area (Å²) in [6, 6.07) is 5.77. The molecule has 0 saturated heterocycles. The van der Waals surface area contributed by atoms with Crippen molar-refractivity contribution in [3.8, 4) is 0 Å². The SMILES string of the molecule is C=C(C)c1c(CCO)cccc1CC(=O)OC(C)(C)C. The fourth-order valence-corrected chi connectivity index (χ4v) is 2.21. The summed E-state index contributed by atoms with van der Waals surface area (Å²) in [6.07, 6.45) is 0.781. The van der Waals surface area contributed by atoms with E-state index in [9.17, 15) is 4.79 Å². The van der Waals surface area contributed by atoms with Crippen molar-refractivity contribution >= 4 is 11.5 Å². The normalized spacial score (nSPS) is 11.2. The summed E-state index contributed by atoms with van der Waals surface area (Å²) >= 11 is 0. The molecule has 1 rings (SSSR count). The average molecular weight is 276 g/mol. The summed E-state index contributed by atoms with van der Waals surface area (Å²) in [5.74, 6) is -0.249. The van der Waals surface area contributed by atoms with Crippen molar-refractivity contribution in [2.45, 2.75) is 46.1 Å². The van der Waals surface area contributed by atoms with E-state index in [-0.39, 0.29) is 19.0 Å². The van der Waals surface area contributed by atoms with Crippen LogP contribution >= 0.6 is 0 Å². The molecule has 1 aromatic carbocycles. The number of rotatable bonds is 5. The lowest BCUT2D eigenvalue weighted by molar-refractivity contribution is -0.153. The van der Waals surface area contributed by atoms with Crippen molar-refractivity contribution in [3.05, 3.63) is 41.5 Å². The minimum Gasteiger partial charge on any atom is -0.460 e. The molecule has 0 saturated carbocycles. The van der Waals surface area contributed by atoms with Crippen LogP contribution in [0.3, 0.4) is 0 Å². The van der Waals surface area contributed by atoms with Crippen molar-refractivity contribution in [1.82, 2.24) is 0 Å². The molecule has 0 bridgehead atoms. The van der Waals surface area contributed by atoms with E-state index in [1.807, 2.05) is 45.9 Å². The summed E-state index contributed by atoms with van der Waals surface area (Å²) in [7, 11) is 0. The summed E-state index contributed by atoms with van der Waals surface area (Å²) < 4.78 is 5.36. The Morgan fingerprint density at radius 2 is 1.90 bits per heavy atom. The smallest absolute Gasteiger partial charge is 0.310 e. The van der Waals surface area contributed by atoms with Gasteiger partial charge in [-0.25, -0.2) is 0 Å². The van der Waals surface area contributed by atoms with Gasteiger partial charge < -0.3 is 9.84 Å². The van der Waals surface area contributed by atoms with Crippen LogP contribution in [0.2, 0.25) is 0 Å². The van der Waals surface area contributed by atoms with Gasteiger partial charge in [-0.15, -0.1) is 0 Å². The largest absolute Gasteiger partial charge is 0.460 e. The number of ether oxygens (including phenoxy) is 1. The summed E-state index contributed by atoms with van der Waals surface area (Å²) in [4.78, 5) is 12.0. The van der Waals surface area contributed by atoms with Crippen LogP contribution in [0.1, 0.15) is 44.4 Å². The molecule has 0 unspecified atom stereocenters. The predicted octanol–water partition coefficient (Wildman–Crippen LogP) is 3.14. The Kier molecular flexibility index (Phi) is 5.52. The molecule has 3 heteroatoms. The number of aliphatic hydroxyl groups excluding tert-OH is 1. The van der Waals surface area contributed by atoms with Crippen molar-refractivity contribution < 1.29 is 14.6 Å². The molecule has 0 aromatic heterocycles. The van der Waals surface area contributed by atoms with Gasteiger partial charge in [0.05, 0.1) is 6.42 Å².